The van der Waals surface area contributed by atoms with Crippen molar-refractivity contribution in [3.05, 3.63) is 39.5 Å². The number of benzene rings is 1. The lowest BCUT2D eigenvalue weighted by atomic mass is 9.93. The van der Waals surface area contributed by atoms with E-state index in [0.29, 0.717) is 18.4 Å². The van der Waals surface area contributed by atoms with Crippen molar-refractivity contribution in [1.29, 1.82) is 0 Å². The minimum Gasteiger partial charge on any atom is -0.508 e. The molecule has 0 saturated heterocycles. The number of nitrogens with one attached hydrogen (secondary N) is 1. The van der Waals surface area contributed by atoms with Crippen LogP contribution in [0.1, 0.15) is 31.4 Å². The third-order valence-electron chi connectivity index (χ3n) is 3.02. The van der Waals surface area contributed by atoms with Crippen molar-refractivity contribution in [1.82, 2.24) is 5.48 Å². The van der Waals surface area contributed by atoms with E-state index in [-0.39, 0.29) is 11.7 Å². The maximum atomic E-state index is 10.8. The highest BCUT2D eigenvalue weighted by Gasteiger charge is 2.19. The summed E-state index contributed by atoms with van der Waals surface area (Å²) in [6, 6.07) is 5.09. The number of phenols is 1. The van der Waals surface area contributed by atoms with Crippen molar-refractivity contribution in [2.75, 3.05) is 0 Å². The molecule has 0 unspecified atom stereocenters. The Kier molecular flexibility index (Phi) is 6.97. The van der Waals surface area contributed by atoms with Crippen LogP contribution < -0.4 is 5.48 Å². The molecule has 6 heteroatoms. The first kappa shape index (κ1) is 16.9. The second-order valence-electron chi connectivity index (χ2n) is 4.58. The van der Waals surface area contributed by atoms with Gasteiger partial charge in [0.15, 0.2) is 0 Å². The van der Waals surface area contributed by atoms with E-state index in [9.17, 15) is 15.0 Å². The Bertz CT molecular complexity index is 490. The molecule has 0 aliphatic carbocycles. The lowest BCUT2D eigenvalue weighted by molar-refractivity contribution is -0.124. The molecule has 1 aromatic carbocycles. The molecule has 0 fully saturated rings. The zero-order valence-electron chi connectivity index (χ0n) is 11.1. The van der Waals surface area contributed by atoms with Crippen molar-refractivity contribution in [3.63, 3.8) is 0 Å². The topological polar surface area (TPSA) is 89.8 Å². The summed E-state index contributed by atoms with van der Waals surface area (Å²) in [6.45, 7) is 1.88. The van der Waals surface area contributed by atoms with Gasteiger partial charge in [0.25, 0.3) is 5.91 Å². The highest BCUT2D eigenvalue weighted by Crippen LogP contribution is 2.32. The average Bonchev–Trinajstić information content (AvgIpc) is 2.44. The molecular weight excluding hydrogens is 373 g/mol. The molecule has 110 valence electrons. The number of aromatic hydroxyl groups is 1. The normalized spacial score (nSPS) is 14.2. The minimum atomic E-state index is -0.759. The van der Waals surface area contributed by atoms with Gasteiger partial charge in [-0.3, -0.25) is 10.0 Å². The van der Waals surface area contributed by atoms with E-state index in [1.807, 2.05) is 6.92 Å². The number of aliphatic hydroxyl groups is 1. The first-order valence-corrected chi connectivity index (χ1v) is 7.30. The van der Waals surface area contributed by atoms with Gasteiger partial charge in [0.1, 0.15) is 5.75 Å². The van der Waals surface area contributed by atoms with Crippen LogP contribution in [0.5, 0.6) is 5.75 Å². The van der Waals surface area contributed by atoms with Gasteiger partial charge in [-0.25, -0.2) is 5.48 Å². The fraction of sp³-hybridized carbons (Fsp3) is 0.357. The summed E-state index contributed by atoms with van der Waals surface area (Å²) in [7, 11) is 0. The zero-order valence-corrected chi connectivity index (χ0v) is 13.2. The molecule has 20 heavy (non-hydrogen) atoms. The van der Waals surface area contributed by atoms with E-state index in [1.54, 1.807) is 24.3 Å². The van der Waals surface area contributed by atoms with Gasteiger partial charge in [-0.05, 0) is 59.5 Å². The number of aliphatic hydroxyl groups excluding tert-OH is 1. The number of allylic oxidation sites excluding steroid dienone is 1. The monoisotopic (exact) mass is 391 g/mol. The Balaban J connectivity index is 2.58. The first-order valence-electron chi connectivity index (χ1n) is 6.22. The van der Waals surface area contributed by atoms with Crippen LogP contribution in [0.25, 0.3) is 0 Å². The molecule has 0 spiro atoms. The van der Waals surface area contributed by atoms with E-state index in [1.165, 1.54) is 11.6 Å². The summed E-state index contributed by atoms with van der Waals surface area (Å²) in [5.41, 5.74) is 2.02. The van der Waals surface area contributed by atoms with Crippen molar-refractivity contribution < 1.29 is 20.2 Å². The quantitative estimate of drug-likeness (QED) is 0.260. The number of hydrogen-bond donors (Lipinski definition) is 4. The molecule has 0 aliphatic rings. The maximum Gasteiger partial charge on any atom is 0.267 e. The summed E-state index contributed by atoms with van der Waals surface area (Å²) < 4.78 is 0.946. The number of amides is 1. The summed E-state index contributed by atoms with van der Waals surface area (Å²) in [5, 5.41) is 28.3. The molecule has 1 amide bonds. The summed E-state index contributed by atoms with van der Waals surface area (Å²) in [4.78, 5) is 10.8. The molecule has 5 nitrogen and oxygen atoms in total. The third-order valence-corrected chi connectivity index (χ3v) is 3.69. The Hall–Kier alpha value is -1.12. The Labute approximate surface area is 131 Å². The van der Waals surface area contributed by atoms with Gasteiger partial charge in [0.2, 0.25) is 0 Å². The second-order valence-corrected chi connectivity index (χ2v) is 5.83. The molecule has 0 aliphatic heterocycles. The van der Waals surface area contributed by atoms with Gasteiger partial charge in [0, 0.05) is 15.2 Å². The first-order chi connectivity index (χ1) is 9.45. The number of hydrogen-bond acceptors (Lipinski definition) is 4. The lowest BCUT2D eigenvalue weighted by Gasteiger charge is -2.19. The van der Waals surface area contributed by atoms with Gasteiger partial charge in [-0.2, -0.15) is 0 Å². The maximum absolute atomic E-state index is 10.8. The van der Waals surface area contributed by atoms with Crippen LogP contribution in [0.4, 0.5) is 0 Å². The minimum absolute atomic E-state index is 0.0686. The van der Waals surface area contributed by atoms with Crippen molar-refractivity contribution in [2.24, 2.45) is 5.92 Å². The molecule has 0 bridgehead atoms. The number of halogens is 1. The van der Waals surface area contributed by atoms with E-state index >= 15 is 0 Å². The fourth-order valence-corrected chi connectivity index (χ4v) is 2.33. The largest absolute Gasteiger partial charge is 0.508 e. The van der Waals surface area contributed by atoms with Crippen LogP contribution in [0.2, 0.25) is 0 Å². The van der Waals surface area contributed by atoms with E-state index in [4.69, 9.17) is 5.21 Å². The summed E-state index contributed by atoms with van der Waals surface area (Å²) in [6.07, 6.45) is 3.35. The smallest absolute Gasteiger partial charge is 0.267 e. The fourth-order valence-electron chi connectivity index (χ4n) is 1.81. The van der Waals surface area contributed by atoms with Gasteiger partial charge < -0.3 is 10.2 Å². The van der Waals surface area contributed by atoms with Crippen molar-refractivity contribution in [3.8, 4) is 5.75 Å². The predicted octanol–water partition coefficient (Wildman–Crippen LogP) is 2.51. The van der Waals surface area contributed by atoms with Gasteiger partial charge in [0.05, 0.1) is 6.10 Å². The van der Waals surface area contributed by atoms with E-state index < -0.39 is 12.0 Å². The Morgan fingerprint density at radius 3 is 2.85 bits per heavy atom. The average molecular weight is 391 g/mol. The molecule has 0 aromatic heterocycles. The number of carbonyl (C=O) groups is 1. The predicted molar refractivity (Wildman–Crippen MR) is 83.3 cm³/mol. The molecule has 1 aromatic rings. The van der Waals surface area contributed by atoms with Crippen LogP contribution in [0, 0.1) is 9.49 Å². The Morgan fingerprint density at radius 1 is 1.50 bits per heavy atom. The third kappa shape index (κ3) is 5.10. The van der Waals surface area contributed by atoms with Gasteiger partial charge >= 0.3 is 0 Å². The standard InChI is InChI=1S/C14H18INO4/c1-9(4-2-3-5-13(18)16-20)14(19)11-8-10(15)6-7-12(11)17/h3,5-9,14,17,19-20H,2,4H2,1H3,(H,16,18)/b5-3+/t9-,14+/m1/s1. The number of carbonyl (C=O) groups excluding carboxylic acids is 1. The van der Waals surface area contributed by atoms with Crippen LogP contribution >= 0.6 is 22.6 Å². The number of phenolic OH excluding ortho intramolecular Hbond substituents is 1. The summed E-state index contributed by atoms with van der Waals surface area (Å²) >= 11 is 2.12. The van der Waals surface area contributed by atoms with Gasteiger partial charge in [-0.15, -0.1) is 0 Å². The SMILES string of the molecule is C[C@H](CC/C=C/C(=O)NO)[C@H](O)c1cc(I)ccc1O. The van der Waals surface area contributed by atoms with Gasteiger partial charge in [-0.1, -0.05) is 13.0 Å². The van der Waals surface area contributed by atoms with Crippen LogP contribution in [0.15, 0.2) is 30.4 Å². The molecule has 2 atom stereocenters. The number of rotatable bonds is 6. The van der Waals surface area contributed by atoms with E-state index in [2.05, 4.69) is 22.6 Å². The van der Waals surface area contributed by atoms with Crippen molar-refractivity contribution in [2.45, 2.75) is 25.9 Å². The molecule has 4 N–H and O–H groups in total. The summed E-state index contributed by atoms with van der Waals surface area (Å²) in [5.74, 6) is -0.561. The van der Waals surface area contributed by atoms with E-state index in [0.717, 1.165) is 3.57 Å². The highest BCUT2D eigenvalue weighted by molar-refractivity contribution is 14.1. The zero-order chi connectivity index (χ0) is 15.1. The van der Waals surface area contributed by atoms with Crippen LogP contribution in [-0.2, 0) is 4.79 Å². The molecule has 0 radical (unpaired) electrons. The van der Waals surface area contributed by atoms with Crippen LogP contribution in [0.3, 0.4) is 0 Å². The lowest BCUT2D eigenvalue weighted by Crippen LogP contribution is -2.15. The Morgan fingerprint density at radius 2 is 2.20 bits per heavy atom. The number of hydroxylamine groups is 1. The van der Waals surface area contributed by atoms with Crippen LogP contribution in [-0.4, -0.2) is 21.3 Å². The second kappa shape index (κ2) is 8.23. The molecule has 0 saturated carbocycles. The molecular formula is C14H18INO4. The molecule has 1 rings (SSSR count). The highest BCUT2D eigenvalue weighted by atomic mass is 127. The molecule has 0 heterocycles. The van der Waals surface area contributed by atoms with Crippen molar-refractivity contribution >= 4 is 28.5 Å².